The lowest BCUT2D eigenvalue weighted by molar-refractivity contribution is -0.269. The molecule has 9 nitrogen and oxygen atoms in total. The fraction of sp³-hybridized carbons (Fsp3) is 0.200. The summed E-state index contributed by atoms with van der Waals surface area (Å²) in [6.45, 7) is 1.43. The number of hydrogen-bond donors (Lipinski definition) is 1. The number of methoxy groups -OCH3 is 1. The first-order valence-corrected chi connectivity index (χ1v) is 11.8. The van der Waals surface area contributed by atoms with Gasteiger partial charge in [-0.15, -0.1) is 0 Å². The normalized spacial score (nSPS) is 13.1. The standard InChI is InChI=1S/C25H22ClFN2O7S/c1-14(10-17-13-29-25(37-17)36-16-7-8-19(27)18(26)11-16)22(31)21-20(30)12-15(35-23(21)32)6-4-3-5-9-28-24(33)34-2/h5,7-13,30H,3-4,6H2,1-2H3,(H,28,33)/p-1/b9-5+,14-10?/i2D3. The van der Waals surface area contributed by atoms with Gasteiger partial charge in [-0.05, 0) is 49.6 Å². The topological polar surface area (TPSA) is 131 Å². The van der Waals surface area contributed by atoms with E-state index >= 15 is 0 Å². The van der Waals surface area contributed by atoms with Crippen molar-refractivity contribution in [1.82, 2.24) is 10.3 Å². The molecule has 12 heteroatoms. The van der Waals surface area contributed by atoms with Gasteiger partial charge in [-0.2, -0.15) is 0 Å². The average Bonchev–Trinajstić information content (AvgIpc) is 3.28. The van der Waals surface area contributed by atoms with Crippen LogP contribution in [0.3, 0.4) is 0 Å². The van der Waals surface area contributed by atoms with E-state index in [0.29, 0.717) is 17.7 Å². The van der Waals surface area contributed by atoms with E-state index in [0.717, 1.165) is 23.5 Å². The Morgan fingerprint density at radius 1 is 1.38 bits per heavy atom. The van der Waals surface area contributed by atoms with Crippen LogP contribution in [-0.4, -0.2) is 23.9 Å². The van der Waals surface area contributed by atoms with E-state index in [1.165, 1.54) is 43.6 Å². The van der Waals surface area contributed by atoms with Crippen LogP contribution in [0.4, 0.5) is 9.18 Å². The zero-order valence-corrected chi connectivity index (χ0v) is 20.8. The number of rotatable bonds is 10. The van der Waals surface area contributed by atoms with E-state index in [1.54, 1.807) is 0 Å². The van der Waals surface area contributed by atoms with E-state index in [-0.39, 0.29) is 33.7 Å². The van der Waals surface area contributed by atoms with Gasteiger partial charge < -0.3 is 19.0 Å². The summed E-state index contributed by atoms with van der Waals surface area (Å²) in [7, 11) is -2.85. The van der Waals surface area contributed by atoms with Crippen LogP contribution in [0, 0.1) is 5.82 Å². The number of thiazole rings is 1. The molecular formula is C25H21ClFN2O7S-. The van der Waals surface area contributed by atoms with Gasteiger partial charge in [0.25, 0.3) is 5.19 Å². The number of halogens is 2. The number of carbonyl (C=O) groups is 2. The summed E-state index contributed by atoms with van der Waals surface area (Å²) in [6.07, 6.45) is 5.45. The van der Waals surface area contributed by atoms with E-state index in [2.05, 4.69) is 15.0 Å². The summed E-state index contributed by atoms with van der Waals surface area (Å²) in [6, 6.07) is 4.89. The molecule has 2 aromatic heterocycles. The van der Waals surface area contributed by atoms with Gasteiger partial charge in [0.1, 0.15) is 17.3 Å². The van der Waals surface area contributed by atoms with Gasteiger partial charge >= 0.3 is 11.7 Å². The highest BCUT2D eigenvalue weighted by atomic mass is 35.5. The van der Waals surface area contributed by atoms with Gasteiger partial charge in [-0.25, -0.2) is 19.0 Å². The minimum atomic E-state index is -2.85. The smallest absolute Gasteiger partial charge is 0.410 e. The monoisotopic (exact) mass is 550 g/mol. The molecule has 0 aliphatic heterocycles. The van der Waals surface area contributed by atoms with E-state index in [1.807, 2.05) is 0 Å². The number of alkyl carbamates (subject to hydrolysis) is 1. The van der Waals surface area contributed by atoms with Gasteiger partial charge in [-0.1, -0.05) is 34.8 Å². The quantitative estimate of drug-likeness (QED) is 0.206. The maximum Gasteiger partial charge on any atom is 0.410 e. The molecule has 3 rings (SSSR count). The molecule has 0 bridgehead atoms. The second-order valence-electron chi connectivity index (χ2n) is 7.43. The van der Waals surface area contributed by atoms with Crippen molar-refractivity contribution in [2.75, 3.05) is 7.04 Å². The molecule has 3 aromatic rings. The van der Waals surface area contributed by atoms with Crippen LogP contribution in [0.5, 0.6) is 16.7 Å². The van der Waals surface area contributed by atoms with E-state index in [4.69, 9.17) is 24.9 Å². The lowest BCUT2D eigenvalue weighted by atomic mass is 10.0. The largest absolute Gasteiger partial charge is 0.872 e. The zero-order valence-electron chi connectivity index (χ0n) is 22.2. The minimum Gasteiger partial charge on any atom is -0.872 e. The number of amides is 1. The molecule has 0 fully saturated rings. The Hall–Kier alpha value is -3.96. The number of ether oxygens (including phenoxy) is 2. The zero-order chi connectivity index (χ0) is 29.4. The predicted octanol–water partition coefficient (Wildman–Crippen LogP) is 5.23. The van der Waals surface area contributed by atoms with Crippen molar-refractivity contribution < 1.29 is 37.1 Å². The third kappa shape index (κ3) is 7.76. The summed E-state index contributed by atoms with van der Waals surface area (Å²) >= 11 is 6.81. The molecule has 194 valence electrons. The van der Waals surface area contributed by atoms with Crippen LogP contribution < -0.4 is 20.8 Å². The lowest BCUT2D eigenvalue weighted by Gasteiger charge is -2.12. The maximum atomic E-state index is 13.3. The third-order valence-corrected chi connectivity index (χ3v) is 5.83. The summed E-state index contributed by atoms with van der Waals surface area (Å²) in [5.41, 5.74) is -1.60. The van der Waals surface area contributed by atoms with Gasteiger partial charge in [0.05, 0.1) is 26.6 Å². The van der Waals surface area contributed by atoms with Crippen LogP contribution in [-0.2, 0) is 11.2 Å². The van der Waals surface area contributed by atoms with Gasteiger partial charge in [0.2, 0.25) is 0 Å². The Kier molecular flexibility index (Phi) is 8.13. The number of aryl methyl sites for hydroxylation is 1. The highest BCUT2D eigenvalue weighted by Gasteiger charge is 2.17. The van der Waals surface area contributed by atoms with Gasteiger partial charge in [0.15, 0.2) is 5.78 Å². The Bertz CT molecular complexity index is 1520. The number of nitrogens with one attached hydrogen (secondary N) is 1. The molecule has 1 amide bonds. The third-order valence-electron chi connectivity index (χ3n) is 4.71. The number of hydrogen-bond acceptors (Lipinski definition) is 9. The SMILES string of the molecule is [2H]C([2H])([2H])OC(=O)N/C=C/CCCc1cc([O-])c(C(=O)C(C)=Cc2cnc(Oc3ccc(F)c(Cl)c3)s2)c(=O)o1. The number of allylic oxidation sites excluding steroid dienone is 2. The van der Waals surface area contributed by atoms with Crippen LogP contribution in [0.1, 0.15) is 44.9 Å². The van der Waals surface area contributed by atoms with Crippen LogP contribution in [0.2, 0.25) is 5.02 Å². The molecule has 2 heterocycles. The second kappa shape index (κ2) is 12.8. The molecule has 37 heavy (non-hydrogen) atoms. The summed E-state index contributed by atoms with van der Waals surface area (Å²) in [5.74, 6) is -1.83. The number of nitrogens with zero attached hydrogens (tertiary/aromatic N) is 1. The highest BCUT2D eigenvalue weighted by Crippen LogP contribution is 2.30. The first-order chi connectivity index (χ1) is 18.8. The van der Waals surface area contributed by atoms with E-state index < -0.39 is 41.7 Å². The molecule has 0 atom stereocenters. The van der Waals surface area contributed by atoms with Crippen molar-refractivity contribution in [3.63, 3.8) is 0 Å². The first kappa shape index (κ1) is 23.4. The number of benzene rings is 1. The second-order valence-corrected chi connectivity index (χ2v) is 8.86. The fourth-order valence-corrected chi connectivity index (χ4v) is 3.94. The Balaban J connectivity index is 1.58. The molecule has 0 aliphatic carbocycles. The van der Waals surface area contributed by atoms with Crippen molar-refractivity contribution in [3.05, 3.63) is 85.8 Å². The molecule has 0 saturated carbocycles. The average molecular weight is 551 g/mol. The Morgan fingerprint density at radius 2 is 2.19 bits per heavy atom. The summed E-state index contributed by atoms with van der Waals surface area (Å²) in [5, 5.41) is 14.8. The number of Topliss-reactive ketones (excluding diaryl/α,β-unsaturated/α-hetero) is 1. The van der Waals surface area contributed by atoms with Crippen LogP contribution >= 0.6 is 22.9 Å². The molecule has 1 aromatic carbocycles. The summed E-state index contributed by atoms with van der Waals surface area (Å²) < 4.78 is 48.6. The Morgan fingerprint density at radius 3 is 2.92 bits per heavy atom. The molecular weight excluding hydrogens is 527 g/mol. The highest BCUT2D eigenvalue weighted by molar-refractivity contribution is 7.14. The molecule has 0 spiro atoms. The lowest BCUT2D eigenvalue weighted by Crippen LogP contribution is -2.19. The first-order valence-electron chi connectivity index (χ1n) is 12.1. The molecule has 1 N–H and O–H groups in total. The van der Waals surface area contributed by atoms with Crippen molar-refractivity contribution in [1.29, 1.82) is 0 Å². The van der Waals surface area contributed by atoms with Crippen molar-refractivity contribution >= 4 is 40.9 Å². The number of unbranched alkanes of at least 4 members (excludes halogenated alkanes) is 1. The number of carbonyl (C=O) groups excluding carboxylic acids is 2. The van der Waals surface area contributed by atoms with E-state index in [9.17, 15) is 23.9 Å². The molecule has 0 radical (unpaired) electrons. The molecule has 0 aliphatic rings. The van der Waals surface area contributed by atoms with Crippen molar-refractivity contribution in [2.45, 2.75) is 26.2 Å². The van der Waals surface area contributed by atoms with Crippen LogP contribution in [0.25, 0.3) is 6.08 Å². The summed E-state index contributed by atoms with van der Waals surface area (Å²) in [4.78, 5) is 41.1. The molecule has 0 saturated heterocycles. The van der Waals surface area contributed by atoms with Crippen LogP contribution in [0.15, 0.2) is 57.5 Å². The maximum absolute atomic E-state index is 13.3. The van der Waals surface area contributed by atoms with Crippen molar-refractivity contribution in [2.24, 2.45) is 0 Å². The number of ketones is 1. The fourth-order valence-electron chi connectivity index (χ4n) is 2.98. The van der Waals surface area contributed by atoms with Gasteiger partial charge in [0, 0.05) is 24.9 Å². The minimum absolute atomic E-state index is 0.0847. The Labute approximate surface area is 224 Å². The predicted molar refractivity (Wildman–Crippen MR) is 134 cm³/mol. The van der Waals surface area contributed by atoms with Crippen molar-refractivity contribution in [3.8, 4) is 16.7 Å². The number of aromatic nitrogens is 1. The molecule has 0 unspecified atom stereocenters. The van der Waals surface area contributed by atoms with Gasteiger partial charge in [-0.3, -0.25) is 10.1 Å².